The second-order valence-corrected chi connectivity index (χ2v) is 7.74. The maximum atomic E-state index is 13.1. The van der Waals surface area contributed by atoms with E-state index in [0.29, 0.717) is 5.75 Å². The van der Waals surface area contributed by atoms with Gasteiger partial charge in [0.1, 0.15) is 10.6 Å². The fraction of sp³-hybridized carbons (Fsp3) is 0.412. The van der Waals surface area contributed by atoms with E-state index in [0.717, 1.165) is 23.6 Å². The third-order valence-corrected chi connectivity index (χ3v) is 6.63. The van der Waals surface area contributed by atoms with E-state index >= 15 is 0 Å². The van der Waals surface area contributed by atoms with Gasteiger partial charge in [-0.2, -0.15) is 4.31 Å². The van der Waals surface area contributed by atoms with Crippen LogP contribution in [-0.2, 0) is 10.0 Å². The number of rotatable bonds is 3. The van der Waals surface area contributed by atoms with Crippen molar-refractivity contribution in [3.05, 3.63) is 36.4 Å². The van der Waals surface area contributed by atoms with Crippen LogP contribution in [0.15, 0.2) is 41.3 Å². The van der Waals surface area contributed by atoms with E-state index in [-0.39, 0.29) is 17.0 Å². The summed E-state index contributed by atoms with van der Waals surface area (Å²) in [6.45, 7) is 3.93. The molecule has 5 heteroatoms. The van der Waals surface area contributed by atoms with Crippen molar-refractivity contribution in [3.8, 4) is 5.75 Å². The van der Waals surface area contributed by atoms with Crippen LogP contribution in [0.3, 0.4) is 0 Å². The van der Waals surface area contributed by atoms with Crippen molar-refractivity contribution in [2.75, 3.05) is 7.11 Å². The predicted octanol–water partition coefficient (Wildman–Crippen LogP) is 3.41. The van der Waals surface area contributed by atoms with E-state index in [1.54, 1.807) is 10.4 Å². The first kappa shape index (κ1) is 15.3. The molecule has 0 aromatic heterocycles. The molecule has 0 aliphatic carbocycles. The summed E-state index contributed by atoms with van der Waals surface area (Å²) in [7, 11) is -2.04. The van der Waals surface area contributed by atoms with Gasteiger partial charge in [-0.3, -0.25) is 0 Å². The molecule has 1 aliphatic rings. The van der Waals surface area contributed by atoms with Gasteiger partial charge in [-0.15, -0.1) is 0 Å². The quantitative estimate of drug-likeness (QED) is 0.871. The smallest absolute Gasteiger partial charge is 0.247 e. The lowest BCUT2D eigenvalue weighted by Crippen LogP contribution is -2.38. The average Bonchev–Trinajstić information content (AvgIpc) is 2.85. The molecule has 22 heavy (non-hydrogen) atoms. The highest BCUT2D eigenvalue weighted by Gasteiger charge is 2.39. The summed E-state index contributed by atoms with van der Waals surface area (Å²) >= 11 is 0. The number of nitrogens with zero attached hydrogens (tertiary/aromatic N) is 1. The zero-order valence-electron chi connectivity index (χ0n) is 13.1. The lowest BCUT2D eigenvalue weighted by atomic mass is 10.1. The van der Waals surface area contributed by atoms with Crippen molar-refractivity contribution in [2.24, 2.45) is 0 Å². The summed E-state index contributed by atoms with van der Waals surface area (Å²) in [6.07, 6.45) is 1.80. The molecular weight excluding hydrogens is 298 g/mol. The molecular formula is C17H21NO3S. The number of hydrogen-bond acceptors (Lipinski definition) is 3. The number of benzene rings is 2. The van der Waals surface area contributed by atoms with Gasteiger partial charge in [0.25, 0.3) is 0 Å². The fourth-order valence-corrected chi connectivity index (χ4v) is 5.45. The molecule has 0 unspecified atom stereocenters. The minimum Gasteiger partial charge on any atom is -0.495 e. The van der Waals surface area contributed by atoms with E-state index in [2.05, 4.69) is 0 Å². The molecule has 4 nitrogen and oxygen atoms in total. The summed E-state index contributed by atoms with van der Waals surface area (Å²) in [4.78, 5) is 0.259. The maximum Gasteiger partial charge on any atom is 0.247 e. The molecule has 1 fully saturated rings. The molecule has 0 saturated carbocycles. The summed E-state index contributed by atoms with van der Waals surface area (Å²) in [6, 6.07) is 11.2. The van der Waals surface area contributed by atoms with Gasteiger partial charge in [-0.05, 0) is 38.1 Å². The summed E-state index contributed by atoms with van der Waals surface area (Å²) in [5.74, 6) is 0.435. The first-order valence-electron chi connectivity index (χ1n) is 7.56. The van der Waals surface area contributed by atoms with E-state index in [4.69, 9.17) is 4.74 Å². The fourth-order valence-electron chi connectivity index (χ4n) is 3.40. The average molecular weight is 319 g/mol. The highest BCUT2D eigenvalue weighted by Crippen LogP contribution is 2.38. The van der Waals surface area contributed by atoms with E-state index in [1.165, 1.54) is 7.11 Å². The Kier molecular flexibility index (Phi) is 3.87. The molecule has 0 bridgehead atoms. The molecule has 1 aliphatic heterocycles. The van der Waals surface area contributed by atoms with Crippen LogP contribution >= 0.6 is 0 Å². The zero-order valence-corrected chi connectivity index (χ0v) is 13.9. The van der Waals surface area contributed by atoms with Gasteiger partial charge < -0.3 is 4.74 Å². The van der Waals surface area contributed by atoms with Crippen LogP contribution in [-0.4, -0.2) is 31.9 Å². The van der Waals surface area contributed by atoms with Crippen molar-refractivity contribution in [3.63, 3.8) is 0 Å². The van der Waals surface area contributed by atoms with Crippen LogP contribution in [0.1, 0.15) is 26.7 Å². The predicted molar refractivity (Wildman–Crippen MR) is 87.7 cm³/mol. The number of fused-ring (bicyclic) bond motifs is 1. The molecule has 118 valence electrons. The van der Waals surface area contributed by atoms with Crippen molar-refractivity contribution in [1.29, 1.82) is 0 Å². The third kappa shape index (κ3) is 2.29. The Morgan fingerprint density at radius 3 is 2.32 bits per heavy atom. The van der Waals surface area contributed by atoms with Crippen LogP contribution < -0.4 is 4.74 Å². The Hall–Kier alpha value is -1.59. The first-order chi connectivity index (χ1) is 10.5. The SMILES string of the molecule is COc1c(S(=O)(=O)N2[C@H](C)CC[C@H]2C)ccc2ccccc12. The Morgan fingerprint density at radius 2 is 1.68 bits per heavy atom. The van der Waals surface area contributed by atoms with Gasteiger partial charge in [0.15, 0.2) is 0 Å². The molecule has 1 heterocycles. The molecule has 1 saturated heterocycles. The highest BCUT2D eigenvalue weighted by atomic mass is 32.2. The van der Waals surface area contributed by atoms with Crippen LogP contribution in [0.5, 0.6) is 5.75 Å². The van der Waals surface area contributed by atoms with Crippen molar-refractivity contribution < 1.29 is 13.2 Å². The molecule has 3 rings (SSSR count). The molecule has 2 aromatic rings. The standard InChI is InChI=1S/C17H21NO3S/c1-12-8-9-13(2)18(12)22(19,20)16-11-10-14-6-4-5-7-15(14)17(16)21-3/h4-7,10-13H,8-9H2,1-3H3/t12-,13-/m1/s1. The summed E-state index contributed by atoms with van der Waals surface area (Å²) < 4.78 is 33.3. The van der Waals surface area contributed by atoms with Crippen LogP contribution in [0, 0.1) is 0 Å². The van der Waals surface area contributed by atoms with E-state index < -0.39 is 10.0 Å². The number of sulfonamides is 1. The molecule has 0 spiro atoms. The molecule has 2 aromatic carbocycles. The van der Waals surface area contributed by atoms with E-state index in [1.807, 2.05) is 44.2 Å². The Labute approximate surface area is 131 Å². The van der Waals surface area contributed by atoms with Gasteiger partial charge >= 0.3 is 0 Å². The molecule has 0 radical (unpaired) electrons. The van der Waals surface area contributed by atoms with Crippen molar-refractivity contribution in [1.82, 2.24) is 4.31 Å². The molecule has 0 amide bonds. The Balaban J connectivity index is 2.21. The normalized spacial score (nSPS) is 23.0. The Morgan fingerprint density at radius 1 is 1.05 bits per heavy atom. The van der Waals surface area contributed by atoms with Gasteiger partial charge in [-0.25, -0.2) is 8.42 Å². The monoisotopic (exact) mass is 319 g/mol. The second kappa shape index (κ2) is 5.56. The van der Waals surface area contributed by atoms with Gasteiger partial charge in [-0.1, -0.05) is 30.3 Å². The number of methoxy groups -OCH3 is 1. The van der Waals surface area contributed by atoms with Gasteiger partial charge in [0, 0.05) is 17.5 Å². The maximum absolute atomic E-state index is 13.1. The highest BCUT2D eigenvalue weighted by molar-refractivity contribution is 7.89. The van der Waals surface area contributed by atoms with Crippen LogP contribution in [0.25, 0.3) is 10.8 Å². The lowest BCUT2D eigenvalue weighted by molar-refractivity contribution is 0.346. The van der Waals surface area contributed by atoms with Gasteiger partial charge in [0.05, 0.1) is 7.11 Å². The number of ether oxygens (including phenoxy) is 1. The minimum atomic E-state index is -3.56. The zero-order chi connectivity index (χ0) is 15.9. The summed E-state index contributed by atoms with van der Waals surface area (Å²) in [5.41, 5.74) is 0. The number of hydrogen-bond donors (Lipinski definition) is 0. The van der Waals surface area contributed by atoms with Crippen molar-refractivity contribution >= 4 is 20.8 Å². The van der Waals surface area contributed by atoms with E-state index in [9.17, 15) is 8.42 Å². The minimum absolute atomic E-state index is 0.0242. The largest absolute Gasteiger partial charge is 0.495 e. The topological polar surface area (TPSA) is 46.6 Å². The lowest BCUT2D eigenvalue weighted by Gasteiger charge is -2.26. The third-order valence-electron chi connectivity index (χ3n) is 4.47. The molecule has 0 N–H and O–H groups in total. The first-order valence-corrected chi connectivity index (χ1v) is 9.00. The summed E-state index contributed by atoms with van der Waals surface area (Å²) in [5, 5.41) is 1.80. The van der Waals surface area contributed by atoms with Crippen LogP contribution in [0.4, 0.5) is 0 Å². The van der Waals surface area contributed by atoms with Crippen LogP contribution in [0.2, 0.25) is 0 Å². The second-order valence-electron chi connectivity index (χ2n) is 5.93. The van der Waals surface area contributed by atoms with Crippen molar-refractivity contribution in [2.45, 2.75) is 43.7 Å². The molecule has 2 atom stereocenters. The Bertz CT molecular complexity index is 791. The van der Waals surface area contributed by atoms with Gasteiger partial charge in [0.2, 0.25) is 10.0 Å².